The number of imidazole rings is 1. The number of rotatable bonds is 4. The Morgan fingerprint density at radius 3 is 2.47 bits per heavy atom. The Morgan fingerprint density at radius 2 is 2.00 bits per heavy atom. The van der Waals surface area contributed by atoms with Gasteiger partial charge in [-0.3, -0.25) is 0 Å². The zero-order valence-electron chi connectivity index (χ0n) is 8.24. The van der Waals surface area contributed by atoms with Crippen molar-refractivity contribution >= 4 is 0 Å². The standard InChI is InChI=1S/C11H11N4/c1-3-10(7-12)14-5-6-15(9-14)11(4-2)8-13/h3-6,9-11H,1-2H2/q+1. The van der Waals surface area contributed by atoms with Crippen LogP contribution in [-0.4, -0.2) is 4.57 Å². The Morgan fingerprint density at radius 1 is 1.27 bits per heavy atom. The van der Waals surface area contributed by atoms with Crippen LogP contribution >= 0.6 is 0 Å². The molecule has 1 aromatic rings. The Labute approximate surface area is 88.6 Å². The van der Waals surface area contributed by atoms with Gasteiger partial charge in [0.25, 0.3) is 0 Å². The van der Waals surface area contributed by atoms with E-state index < -0.39 is 12.1 Å². The molecule has 2 unspecified atom stereocenters. The van der Waals surface area contributed by atoms with Crippen molar-refractivity contribution in [2.45, 2.75) is 12.1 Å². The molecule has 0 spiro atoms. The molecule has 4 heteroatoms. The van der Waals surface area contributed by atoms with Crippen molar-refractivity contribution in [3.63, 3.8) is 0 Å². The highest BCUT2D eigenvalue weighted by Gasteiger charge is 2.16. The molecule has 0 N–H and O–H groups in total. The lowest BCUT2D eigenvalue weighted by Crippen LogP contribution is -2.35. The zero-order valence-corrected chi connectivity index (χ0v) is 8.24. The van der Waals surface area contributed by atoms with E-state index in [2.05, 4.69) is 25.3 Å². The third kappa shape index (κ3) is 2.12. The van der Waals surface area contributed by atoms with Crippen LogP contribution in [-0.2, 0) is 0 Å². The lowest BCUT2D eigenvalue weighted by atomic mass is 10.3. The molecule has 0 saturated carbocycles. The summed E-state index contributed by atoms with van der Waals surface area (Å²) < 4.78 is 3.36. The van der Waals surface area contributed by atoms with Gasteiger partial charge in [-0.2, -0.15) is 10.5 Å². The van der Waals surface area contributed by atoms with Gasteiger partial charge in [0.15, 0.2) is 0 Å². The zero-order chi connectivity index (χ0) is 11.3. The molecule has 0 radical (unpaired) electrons. The molecule has 1 rings (SSSR count). The summed E-state index contributed by atoms with van der Waals surface area (Å²) in [5.74, 6) is 0. The van der Waals surface area contributed by atoms with Crippen LogP contribution < -0.4 is 4.57 Å². The average molecular weight is 199 g/mol. The maximum atomic E-state index is 8.81. The van der Waals surface area contributed by atoms with Crippen LogP contribution in [0.1, 0.15) is 12.1 Å². The number of nitriles is 2. The Balaban J connectivity index is 3.00. The number of nitrogens with zero attached hydrogens (tertiary/aromatic N) is 4. The second-order valence-electron chi connectivity index (χ2n) is 2.93. The second-order valence-corrected chi connectivity index (χ2v) is 2.93. The first-order valence-corrected chi connectivity index (χ1v) is 4.39. The van der Waals surface area contributed by atoms with Crippen LogP contribution in [0.5, 0.6) is 0 Å². The van der Waals surface area contributed by atoms with E-state index in [9.17, 15) is 0 Å². The highest BCUT2D eigenvalue weighted by molar-refractivity contribution is 5.02. The molecule has 2 atom stereocenters. The first-order valence-electron chi connectivity index (χ1n) is 4.39. The van der Waals surface area contributed by atoms with Crippen LogP contribution in [0.2, 0.25) is 0 Å². The van der Waals surface area contributed by atoms with Gasteiger partial charge in [0.2, 0.25) is 18.4 Å². The second kappa shape index (κ2) is 4.78. The van der Waals surface area contributed by atoms with Gasteiger partial charge in [-0.25, -0.2) is 9.13 Å². The molecule has 15 heavy (non-hydrogen) atoms. The molecule has 0 fully saturated rings. The maximum Gasteiger partial charge on any atom is 0.246 e. The SMILES string of the molecule is C=CC(C#N)n1cc[n+](C(C#N)C=C)c1. The number of aromatic nitrogens is 2. The summed E-state index contributed by atoms with van der Waals surface area (Å²) >= 11 is 0. The Bertz CT molecular complexity index is 403. The van der Waals surface area contributed by atoms with Gasteiger partial charge in [-0.15, -0.1) is 0 Å². The van der Waals surface area contributed by atoms with Crippen LogP contribution in [0, 0.1) is 22.7 Å². The van der Waals surface area contributed by atoms with Gasteiger partial charge >= 0.3 is 0 Å². The number of hydrogen-bond donors (Lipinski definition) is 0. The van der Waals surface area contributed by atoms with Crippen LogP contribution in [0.3, 0.4) is 0 Å². The molecule has 0 aliphatic rings. The van der Waals surface area contributed by atoms with Gasteiger partial charge in [0.1, 0.15) is 24.5 Å². The summed E-state index contributed by atoms with van der Waals surface area (Å²) in [4.78, 5) is 0. The molecule has 0 saturated heterocycles. The van der Waals surface area contributed by atoms with Crippen molar-refractivity contribution in [3.05, 3.63) is 44.0 Å². The molecule has 0 amide bonds. The topological polar surface area (TPSA) is 56.4 Å². The smallest absolute Gasteiger partial charge is 0.217 e. The van der Waals surface area contributed by atoms with Gasteiger partial charge in [0, 0.05) is 0 Å². The highest BCUT2D eigenvalue weighted by Crippen LogP contribution is 2.05. The summed E-state index contributed by atoms with van der Waals surface area (Å²) in [5.41, 5.74) is 0. The lowest BCUT2D eigenvalue weighted by molar-refractivity contribution is -0.699. The molecule has 0 aromatic carbocycles. The molecule has 0 bridgehead atoms. The van der Waals surface area contributed by atoms with Crippen LogP contribution in [0.4, 0.5) is 0 Å². The summed E-state index contributed by atoms with van der Waals surface area (Å²) in [6, 6.07) is 3.34. The fourth-order valence-electron chi connectivity index (χ4n) is 1.20. The fourth-order valence-corrected chi connectivity index (χ4v) is 1.20. The average Bonchev–Trinajstić information content (AvgIpc) is 2.71. The van der Waals surface area contributed by atoms with E-state index in [0.29, 0.717) is 0 Å². The first kappa shape index (κ1) is 10.7. The number of hydrogen-bond acceptors (Lipinski definition) is 2. The minimum Gasteiger partial charge on any atom is -0.217 e. The summed E-state index contributed by atoms with van der Waals surface area (Å²) in [7, 11) is 0. The van der Waals surface area contributed by atoms with E-state index in [-0.39, 0.29) is 0 Å². The largest absolute Gasteiger partial charge is 0.246 e. The van der Waals surface area contributed by atoms with E-state index in [1.807, 2.05) is 0 Å². The van der Waals surface area contributed by atoms with Crippen molar-refractivity contribution in [2.24, 2.45) is 0 Å². The van der Waals surface area contributed by atoms with Gasteiger partial charge in [0.05, 0.1) is 0 Å². The molecule has 1 aromatic heterocycles. The normalized spacial score (nSPS) is 13.2. The van der Waals surface area contributed by atoms with Crippen molar-refractivity contribution in [1.82, 2.24) is 4.57 Å². The van der Waals surface area contributed by atoms with Gasteiger partial charge in [-0.1, -0.05) is 13.2 Å². The van der Waals surface area contributed by atoms with Crippen LogP contribution in [0.15, 0.2) is 44.0 Å². The van der Waals surface area contributed by atoms with Crippen molar-refractivity contribution in [1.29, 1.82) is 10.5 Å². The molecular formula is C11H11N4+. The minimum atomic E-state index is -0.407. The van der Waals surface area contributed by atoms with Crippen molar-refractivity contribution in [3.8, 4) is 12.1 Å². The third-order valence-corrected chi connectivity index (χ3v) is 2.03. The molecular weight excluding hydrogens is 188 g/mol. The fraction of sp³-hybridized carbons (Fsp3) is 0.182. The molecule has 0 aliphatic carbocycles. The highest BCUT2D eigenvalue weighted by atomic mass is 15.1. The predicted octanol–water partition coefficient (Wildman–Crippen LogP) is 1.28. The van der Waals surface area contributed by atoms with Gasteiger partial charge in [-0.05, 0) is 12.2 Å². The Hall–Kier alpha value is -2.33. The Kier molecular flexibility index (Phi) is 3.43. The summed E-state index contributed by atoms with van der Waals surface area (Å²) in [5, 5.41) is 17.6. The molecule has 0 aliphatic heterocycles. The van der Waals surface area contributed by atoms with Crippen molar-refractivity contribution < 1.29 is 4.57 Å². The first-order chi connectivity index (χ1) is 7.26. The van der Waals surface area contributed by atoms with E-state index in [0.717, 1.165) is 0 Å². The van der Waals surface area contributed by atoms with E-state index in [1.54, 1.807) is 40.0 Å². The quantitative estimate of drug-likeness (QED) is 0.541. The molecule has 1 heterocycles. The van der Waals surface area contributed by atoms with Crippen molar-refractivity contribution in [2.75, 3.05) is 0 Å². The monoisotopic (exact) mass is 199 g/mol. The van der Waals surface area contributed by atoms with E-state index >= 15 is 0 Å². The number of allylic oxidation sites excluding steroid dienone is 2. The van der Waals surface area contributed by atoms with Gasteiger partial charge < -0.3 is 0 Å². The van der Waals surface area contributed by atoms with Crippen LogP contribution in [0.25, 0.3) is 0 Å². The maximum absolute atomic E-state index is 8.81. The van der Waals surface area contributed by atoms with E-state index in [4.69, 9.17) is 10.5 Å². The molecule has 74 valence electrons. The predicted molar refractivity (Wildman–Crippen MR) is 54.3 cm³/mol. The molecule has 4 nitrogen and oxygen atoms in total. The minimum absolute atomic E-state index is 0.407. The summed E-state index contributed by atoms with van der Waals surface area (Å²) in [6.45, 7) is 7.13. The summed E-state index contributed by atoms with van der Waals surface area (Å²) in [6.07, 6.45) is 8.22. The third-order valence-electron chi connectivity index (χ3n) is 2.03. The lowest BCUT2D eigenvalue weighted by Gasteiger charge is -1.98. The van der Waals surface area contributed by atoms with E-state index in [1.165, 1.54) is 0 Å².